The molecule has 0 heterocycles. The molecule has 7 heteroatoms. The summed E-state index contributed by atoms with van der Waals surface area (Å²) >= 11 is 0. The molecule has 0 amide bonds. The Morgan fingerprint density at radius 1 is 1.33 bits per heavy atom. The van der Waals surface area contributed by atoms with E-state index in [0.29, 0.717) is 6.54 Å². The minimum Gasteiger partial charge on any atom is -0.311 e. The van der Waals surface area contributed by atoms with E-state index in [0.717, 1.165) is 18.7 Å². The van der Waals surface area contributed by atoms with Gasteiger partial charge in [-0.15, -0.1) is 24.8 Å². The molecule has 0 spiro atoms. The highest BCUT2D eigenvalue weighted by Crippen LogP contribution is 2.12. The molecule has 5 nitrogen and oxygen atoms in total. The minimum absolute atomic E-state index is 0. The first kappa shape index (κ1) is 19.5. The number of hydrogen-bond donors (Lipinski definition) is 1. The molecule has 1 aromatic rings. The van der Waals surface area contributed by atoms with Crippen molar-refractivity contribution in [3.05, 3.63) is 39.9 Å². The number of nitrogens with one attached hydrogen (secondary N) is 1. The molecule has 1 N–H and O–H groups in total. The van der Waals surface area contributed by atoms with E-state index < -0.39 is 0 Å². The highest BCUT2D eigenvalue weighted by atomic mass is 35.5. The van der Waals surface area contributed by atoms with Gasteiger partial charge in [0.15, 0.2) is 0 Å². The average molecular weight is 296 g/mol. The smallest absolute Gasteiger partial charge is 0.269 e. The van der Waals surface area contributed by atoms with Crippen LogP contribution in [0.5, 0.6) is 0 Å². The van der Waals surface area contributed by atoms with Crippen molar-refractivity contribution in [1.29, 1.82) is 0 Å². The number of hydrogen-bond acceptors (Lipinski definition) is 4. The molecule has 0 aliphatic carbocycles. The van der Waals surface area contributed by atoms with Gasteiger partial charge in [0, 0.05) is 31.8 Å². The summed E-state index contributed by atoms with van der Waals surface area (Å²) in [6, 6.07) is 6.70. The Morgan fingerprint density at radius 2 is 2.00 bits per heavy atom. The van der Waals surface area contributed by atoms with E-state index in [1.54, 1.807) is 12.1 Å². The Balaban J connectivity index is 0. The van der Waals surface area contributed by atoms with Crippen molar-refractivity contribution in [2.24, 2.45) is 0 Å². The normalized spacial score (nSPS) is 9.50. The summed E-state index contributed by atoms with van der Waals surface area (Å²) in [6.45, 7) is 2.49. The van der Waals surface area contributed by atoms with Crippen LogP contribution in [0.25, 0.3) is 0 Å². The van der Waals surface area contributed by atoms with E-state index in [4.69, 9.17) is 0 Å². The lowest BCUT2D eigenvalue weighted by Gasteiger charge is -2.10. The number of likely N-dealkylation sites (N-methyl/N-ethyl adjacent to an activating group) is 1. The molecule has 18 heavy (non-hydrogen) atoms. The van der Waals surface area contributed by atoms with Gasteiger partial charge < -0.3 is 10.2 Å². The van der Waals surface area contributed by atoms with E-state index in [9.17, 15) is 10.1 Å². The zero-order chi connectivity index (χ0) is 12.0. The molecule has 0 bridgehead atoms. The Bertz CT molecular complexity index is 362. The summed E-state index contributed by atoms with van der Waals surface area (Å²) in [5.74, 6) is 0. The van der Waals surface area contributed by atoms with Gasteiger partial charge in [-0.2, -0.15) is 0 Å². The summed E-state index contributed by atoms with van der Waals surface area (Å²) in [6.07, 6.45) is 0. The van der Waals surface area contributed by atoms with Crippen molar-refractivity contribution in [1.82, 2.24) is 10.2 Å². The Hall–Kier alpha value is -0.880. The van der Waals surface area contributed by atoms with Crippen molar-refractivity contribution in [2.45, 2.75) is 6.54 Å². The summed E-state index contributed by atoms with van der Waals surface area (Å²) < 4.78 is 0. The lowest BCUT2D eigenvalue weighted by atomic mass is 10.2. The van der Waals surface area contributed by atoms with Gasteiger partial charge in [0.1, 0.15) is 0 Å². The molecule has 0 radical (unpaired) electrons. The molecule has 104 valence electrons. The van der Waals surface area contributed by atoms with Gasteiger partial charge in [0.05, 0.1) is 4.92 Å². The molecule has 0 aliphatic rings. The molecule has 0 aromatic heterocycles. The summed E-state index contributed by atoms with van der Waals surface area (Å²) in [5, 5.41) is 13.8. The van der Waals surface area contributed by atoms with Gasteiger partial charge >= 0.3 is 0 Å². The molecule has 0 saturated carbocycles. The third-order valence-corrected chi connectivity index (χ3v) is 2.19. The predicted molar refractivity (Wildman–Crippen MR) is 77.9 cm³/mol. The topological polar surface area (TPSA) is 58.4 Å². The highest BCUT2D eigenvalue weighted by Gasteiger charge is 2.04. The van der Waals surface area contributed by atoms with Crippen LogP contribution in [0.15, 0.2) is 24.3 Å². The molecule has 1 rings (SSSR count). The van der Waals surface area contributed by atoms with Crippen LogP contribution in [0.4, 0.5) is 5.69 Å². The van der Waals surface area contributed by atoms with Gasteiger partial charge in [-0.3, -0.25) is 10.1 Å². The maximum atomic E-state index is 10.6. The number of benzene rings is 1. The number of non-ortho nitro benzene ring substituents is 1. The number of nitro benzene ring substituents is 1. The zero-order valence-corrected chi connectivity index (χ0v) is 12.1. The second-order valence-corrected chi connectivity index (χ2v) is 3.91. The zero-order valence-electron chi connectivity index (χ0n) is 10.5. The van der Waals surface area contributed by atoms with Crippen LogP contribution in [0, 0.1) is 10.1 Å². The van der Waals surface area contributed by atoms with Crippen molar-refractivity contribution in [2.75, 3.05) is 27.2 Å². The van der Waals surface area contributed by atoms with Crippen molar-refractivity contribution >= 4 is 30.5 Å². The maximum absolute atomic E-state index is 10.6. The first-order valence-corrected chi connectivity index (χ1v) is 5.18. The fourth-order valence-corrected chi connectivity index (χ4v) is 1.32. The fourth-order valence-electron chi connectivity index (χ4n) is 1.32. The predicted octanol–water partition coefficient (Wildman–Crippen LogP) is 2.09. The highest BCUT2D eigenvalue weighted by molar-refractivity contribution is 5.85. The van der Waals surface area contributed by atoms with Crippen LogP contribution in [-0.4, -0.2) is 37.0 Å². The van der Waals surface area contributed by atoms with Gasteiger partial charge in [-0.25, -0.2) is 0 Å². The second kappa shape index (κ2) is 10.1. The standard InChI is InChI=1S/C11H17N3O2.2ClH/c1-13(2)7-6-12-9-10-4-3-5-11(8-10)14(15)16;;/h3-5,8,12H,6-7,9H2,1-2H3;2*1H. The van der Waals surface area contributed by atoms with Gasteiger partial charge in [0.25, 0.3) is 5.69 Å². The lowest BCUT2D eigenvalue weighted by molar-refractivity contribution is -0.384. The van der Waals surface area contributed by atoms with Crippen LogP contribution in [0.3, 0.4) is 0 Å². The summed E-state index contributed by atoms with van der Waals surface area (Å²) in [5.41, 5.74) is 1.08. The number of halogens is 2. The quantitative estimate of drug-likeness (QED) is 0.496. The third kappa shape index (κ3) is 7.45. The van der Waals surface area contributed by atoms with Crippen LogP contribution in [0.1, 0.15) is 5.56 Å². The fraction of sp³-hybridized carbons (Fsp3) is 0.455. The molecule has 1 aromatic carbocycles. The van der Waals surface area contributed by atoms with E-state index in [-0.39, 0.29) is 35.4 Å². The third-order valence-electron chi connectivity index (χ3n) is 2.19. The monoisotopic (exact) mass is 295 g/mol. The number of nitro groups is 1. The van der Waals surface area contributed by atoms with E-state index in [2.05, 4.69) is 10.2 Å². The van der Waals surface area contributed by atoms with Crippen molar-refractivity contribution < 1.29 is 4.92 Å². The summed E-state index contributed by atoms with van der Waals surface area (Å²) in [7, 11) is 4.02. The van der Waals surface area contributed by atoms with Crippen LogP contribution >= 0.6 is 24.8 Å². The van der Waals surface area contributed by atoms with E-state index in [1.807, 2.05) is 20.2 Å². The molecular weight excluding hydrogens is 277 g/mol. The molecule has 0 aliphatic heterocycles. The van der Waals surface area contributed by atoms with Crippen molar-refractivity contribution in [3.8, 4) is 0 Å². The van der Waals surface area contributed by atoms with Crippen LogP contribution in [0.2, 0.25) is 0 Å². The first-order chi connectivity index (χ1) is 7.59. The van der Waals surface area contributed by atoms with Gasteiger partial charge in [-0.05, 0) is 19.7 Å². The summed E-state index contributed by atoms with van der Waals surface area (Å²) in [4.78, 5) is 12.3. The Morgan fingerprint density at radius 3 is 2.56 bits per heavy atom. The second-order valence-electron chi connectivity index (χ2n) is 3.91. The van der Waals surface area contributed by atoms with E-state index >= 15 is 0 Å². The average Bonchev–Trinajstić information content (AvgIpc) is 2.24. The number of rotatable bonds is 6. The molecule has 0 fully saturated rings. The lowest BCUT2D eigenvalue weighted by Crippen LogP contribution is -2.26. The van der Waals surface area contributed by atoms with E-state index in [1.165, 1.54) is 6.07 Å². The largest absolute Gasteiger partial charge is 0.311 e. The maximum Gasteiger partial charge on any atom is 0.269 e. The Kier molecular flexibility index (Phi) is 10.9. The first-order valence-electron chi connectivity index (χ1n) is 5.18. The van der Waals surface area contributed by atoms with Gasteiger partial charge in [-0.1, -0.05) is 12.1 Å². The molecule has 0 atom stereocenters. The molecular formula is C11H19Cl2N3O2. The van der Waals surface area contributed by atoms with Crippen LogP contribution < -0.4 is 5.32 Å². The van der Waals surface area contributed by atoms with Gasteiger partial charge in [0.2, 0.25) is 0 Å². The molecule has 0 saturated heterocycles. The van der Waals surface area contributed by atoms with Crippen LogP contribution in [-0.2, 0) is 6.54 Å². The van der Waals surface area contributed by atoms with Crippen molar-refractivity contribution in [3.63, 3.8) is 0 Å². The molecule has 0 unspecified atom stereocenters. The minimum atomic E-state index is -0.372. The number of nitrogens with zero attached hydrogens (tertiary/aromatic N) is 2. The Labute approximate surface area is 120 Å². The SMILES string of the molecule is CN(C)CCNCc1cccc([N+](=O)[O-])c1.Cl.Cl.